The lowest BCUT2D eigenvalue weighted by Gasteiger charge is -2.41. The van der Waals surface area contributed by atoms with Crippen molar-refractivity contribution >= 4 is 17.8 Å². The summed E-state index contributed by atoms with van der Waals surface area (Å²) in [6.07, 6.45) is 4.65. The molecule has 3 fully saturated rings. The molecule has 7 heteroatoms. The van der Waals surface area contributed by atoms with Gasteiger partial charge in [0.15, 0.2) is 0 Å². The highest BCUT2D eigenvalue weighted by Crippen LogP contribution is 2.37. The van der Waals surface area contributed by atoms with Gasteiger partial charge in [-0.1, -0.05) is 31.5 Å². The van der Waals surface area contributed by atoms with Crippen LogP contribution in [0.15, 0.2) is 24.3 Å². The molecule has 7 nitrogen and oxygen atoms in total. The van der Waals surface area contributed by atoms with Crippen molar-refractivity contribution in [3.05, 3.63) is 35.4 Å². The van der Waals surface area contributed by atoms with Gasteiger partial charge in [0, 0.05) is 25.3 Å². The van der Waals surface area contributed by atoms with Gasteiger partial charge in [0.2, 0.25) is 0 Å². The molecule has 0 aromatic heterocycles. The van der Waals surface area contributed by atoms with E-state index in [9.17, 15) is 14.4 Å². The molecule has 0 radical (unpaired) electrons. The van der Waals surface area contributed by atoms with E-state index in [2.05, 4.69) is 5.32 Å². The van der Waals surface area contributed by atoms with Crippen molar-refractivity contribution in [2.24, 2.45) is 5.92 Å². The number of likely N-dealkylation sites (tertiary alicyclic amines) is 1. The van der Waals surface area contributed by atoms with Gasteiger partial charge in [0.1, 0.15) is 5.54 Å². The van der Waals surface area contributed by atoms with E-state index in [4.69, 9.17) is 4.74 Å². The van der Waals surface area contributed by atoms with E-state index in [1.54, 1.807) is 0 Å². The highest BCUT2D eigenvalue weighted by Gasteiger charge is 2.55. The second kappa shape index (κ2) is 8.99. The monoisotopic (exact) mass is 427 g/mol. The number of rotatable bonds is 6. The number of imide groups is 1. The Morgan fingerprint density at radius 1 is 1.19 bits per heavy atom. The molecule has 0 saturated carbocycles. The molecular weight excluding hydrogens is 394 g/mol. The molecule has 0 bridgehead atoms. The first-order valence-electron chi connectivity index (χ1n) is 11.6. The van der Waals surface area contributed by atoms with Crippen LogP contribution in [0.5, 0.6) is 0 Å². The minimum atomic E-state index is -0.859. The van der Waals surface area contributed by atoms with Crippen LogP contribution in [0.1, 0.15) is 61.4 Å². The Kier molecular flexibility index (Phi) is 6.32. The fourth-order valence-electron chi connectivity index (χ4n) is 5.41. The van der Waals surface area contributed by atoms with Crippen molar-refractivity contribution in [3.63, 3.8) is 0 Å². The Morgan fingerprint density at radius 2 is 1.94 bits per heavy atom. The Bertz CT molecular complexity index is 843. The summed E-state index contributed by atoms with van der Waals surface area (Å²) in [4.78, 5) is 42.5. The summed E-state index contributed by atoms with van der Waals surface area (Å²) in [6.45, 7) is 6.21. The Hall–Kier alpha value is -2.41. The van der Waals surface area contributed by atoms with Crippen LogP contribution in [0.4, 0.5) is 4.79 Å². The summed E-state index contributed by atoms with van der Waals surface area (Å²) in [5.74, 6) is -0.0410. The van der Waals surface area contributed by atoms with Gasteiger partial charge in [-0.05, 0) is 56.6 Å². The van der Waals surface area contributed by atoms with Crippen LogP contribution in [-0.2, 0) is 9.53 Å². The fraction of sp³-hybridized carbons (Fsp3) is 0.625. The largest absolute Gasteiger partial charge is 0.376 e. The molecule has 3 heterocycles. The fourth-order valence-corrected chi connectivity index (χ4v) is 5.41. The summed E-state index contributed by atoms with van der Waals surface area (Å²) in [6, 6.07) is 7.34. The third-order valence-electron chi connectivity index (χ3n) is 7.11. The Morgan fingerprint density at radius 3 is 2.58 bits per heavy atom. The topological polar surface area (TPSA) is 79.0 Å². The standard InChI is InChI=1S/C24H33N3O4/c1-3-12-24(22(29)27(23(30)25-24)16-19-8-6-15-31-19)18-10-13-26(14-11-18)21(28)20-9-5-4-7-17(20)2/h4-5,7,9,18-19H,3,6,8,10-16H2,1-2H3,(H,25,30)/t19-,24+/m1/s1. The molecule has 0 unspecified atom stereocenters. The maximum absolute atomic E-state index is 13.5. The summed E-state index contributed by atoms with van der Waals surface area (Å²) >= 11 is 0. The lowest BCUT2D eigenvalue weighted by molar-refractivity contribution is -0.135. The lowest BCUT2D eigenvalue weighted by atomic mass is 9.74. The summed E-state index contributed by atoms with van der Waals surface area (Å²) in [5.41, 5.74) is 0.847. The van der Waals surface area contributed by atoms with Gasteiger partial charge in [-0.15, -0.1) is 0 Å². The zero-order chi connectivity index (χ0) is 22.0. The molecule has 1 aromatic rings. The van der Waals surface area contributed by atoms with Crippen LogP contribution in [0.25, 0.3) is 0 Å². The van der Waals surface area contributed by atoms with E-state index in [-0.39, 0.29) is 29.9 Å². The van der Waals surface area contributed by atoms with E-state index >= 15 is 0 Å². The molecule has 0 spiro atoms. The van der Waals surface area contributed by atoms with Gasteiger partial charge < -0.3 is 15.0 Å². The third kappa shape index (κ3) is 4.07. The highest BCUT2D eigenvalue weighted by molar-refractivity contribution is 6.07. The van der Waals surface area contributed by atoms with Crippen molar-refractivity contribution < 1.29 is 19.1 Å². The van der Waals surface area contributed by atoms with E-state index in [1.165, 1.54) is 4.90 Å². The number of nitrogens with zero attached hydrogens (tertiary/aromatic N) is 2. The molecule has 1 aromatic carbocycles. The van der Waals surface area contributed by atoms with Crippen LogP contribution >= 0.6 is 0 Å². The second-order valence-electron chi connectivity index (χ2n) is 9.08. The molecule has 3 aliphatic rings. The number of piperidine rings is 1. The maximum Gasteiger partial charge on any atom is 0.325 e. The number of urea groups is 1. The zero-order valence-corrected chi connectivity index (χ0v) is 18.6. The number of hydrogen-bond acceptors (Lipinski definition) is 4. The summed E-state index contributed by atoms with van der Waals surface area (Å²) < 4.78 is 5.66. The number of carbonyl (C=O) groups is 3. The quantitative estimate of drug-likeness (QED) is 0.708. The maximum atomic E-state index is 13.5. The number of amides is 4. The van der Waals surface area contributed by atoms with Gasteiger partial charge in [-0.25, -0.2) is 4.79 Å². The molecule has 1 N–H and O–H groups in total. The van der Waals surface area contributed by atoms with E-state index in [1.807, 2.05) is 43.0 Å². The zero-order valence-electron chi connectivity index (χ0n) is 18.6. The average molecular weight is 428 g/mol. The lowest BCUT2D eigenvalue weighted by Crippen LogP contribution is -2.56. The molecule has 4 rings (SSSR count). The van der Waals surface area contributed by atoms with Crippen LogP contribution in [0.3, 0.4) is 0 Å². The minimum absolute atomic E-state index is 0.0271. The van der Waals surface area contributed by atoms with Crippen molar-refractivity contribution in [3.8, 4) is 0 Å². The van der Waals surface area contributed by atoms with Gasteiger partial charge in [0.05, 0.1) is 12.6 Å². The minimum Gasteiger partial charge on any atom is -0.376 e. The average Bonchev–Trinajstić information content (AvgIpc) is 3.37. The van der Waals surface area contributed by atoms with Crippen molar-refractivity contribution in [2.45, 2.75) is 64.0 Å². The molecular formula is C24H33N3O4. The number of hydrogen-bond donors (Lipinski definition) is 1. The highest BCUT2D eigenvalue weighted by atomic mass is 16.5. The van der Waals surface area contributed by atoms with Gasteiger partial charge in [0.25, 0.3) is 11.8 Å². The van der Waals surface area contributed by atoms with Crippen LogP contribution < -0.4 is 5.32 Å². The molecule has 31 heavy (non-hydrogen) atoms. The number of nitrogens with one attached hydrogen (secondary N) is 1. The normalized spacial score (nSPS) is 27.1. The number of ether oxygens (including phenoxy) is 1. The predicted molar refractivity (Wildman–Crippen MR) is 117 cm³/mol. The van der Waals surface area contributed by atoms with Crippen molar-refractivity contribution in [1.82, 2.24) is 15.1 Å². The first-order valence-corrected chi connectivity index (χ1v) is 11.6. The first-order chi connectivity index (χ1) is 15.0. The Labute approximate surface area is 184 Å². The molecule has 4 amide bonds. The molecule has 3 saturated heterocycles. The van der Waals surface area contributed by atoms with Crippen molar-refractivity contribution in [1.29, 1.82) is 0 Å². The van der Waals surface area contributed by atoms with Crippen LogP contribution in [-0.4, -0.2) is 65.5 Å². The van der Waals surface area contributed by atoms with E-state index in [0.29, 0.717) is 45.5 Å². The summed E-state index contributed by atoms with van der Waals surface area (Å²) in [7, 11) is 0. The molecule has 2 atom stereocenters. The first kappa shape index (κ1) is 21.8. The SMILES string of the molecule is CCC[C@@]1(C2CCN(C(=O)c3ccccc3C)CC2)NC(=O)N(C[C@H]2CCCO2)C1=O. The van der Waals surface area contributed by atoms with Crippen LogP contribution in [0, 0.1) is 12.8 Å². The molecule has 0 aliphatic carbocycles. The Balaban J connectivity index is 1.46. The van der Waals surface area contributed by atoms with Crippen LogP contribution in [0.2, 0.25) is 0 Å². The number of carbonyl (C=O) groups excluding carboxylic acids is 3. The van der Waals surface area contributed by atoms with Gasteiger partial charge in [-0.3, -0.25) is 14.5 Å². The van der Waals surface area contributed by atoms with Gasteiger partial charge in [-0.2, -0.15) is 0 Å². The molecule has 3 aliphatic heterocycles. The number of benzene rings is 1. The summed E-state index contributed by atoms with van der Waals surface area (Å²) in [5, 5.41) is 3.08. The third-order valence-corrected chi connectivity index (χ3v) is 7.11. The van der Waals surface area contributed by atoms with Gasteiger partial charge >= 0.3 is 6.03 Å². The van der Waals surface area contributed by atoms with E-state index < -0.39 is 5.54 Å². The smallest absolute Gasteiger partial charge is 0.325 e. The van der Waals surface area contributed by atoms with Crippen molar-refractivity contribution in [2.75, 3.05) is 26.2 Å². The molecule has 168 valence electrons. The second-order valence-corrected chi connectivity index (χ2v) is 9.08. The number of aryl methyl sites for hydroxylation is 1. The predicted octanol–water partition coefficient (Wildman–Crippen LogP) is 3.12. The van der Waals surface area contributed by atoms with E-state index in [0.717, 1.165) is 30.4 Å².